The Hall–Kier alpha value is -1.76. The Kier molecular flexibility index (Phi) is 7.17. The van der Waals surface area contributed by atoms with Gasteiger partial charge in [-0.3, -0.25) is 0 Å². The second-order valence-corrected chi connectivity index (χ2v) is 6.53. The highest BCUT2D eigenvalue weighted by Gasteiger charge is 2.37. The summed E-state index contributed by atoms with van der Waals surface area (Å²) in [5.74, 6) is 0. The smallest absolute Gasteiger partial charge is 0.108 e. The maximum absolute atomic E-state index is 10.2. The van der Waals surface area contributed by atoms with Gasteiger partial charge < -0.3 is 24.4 Å². The summed E-state index contributed by atoms with van der Waals surface area (Å²) in [6.07, 6.45) is -1.55. The summed E-state index contributed by atoms with van der Waals surface area (Å²) in [5.41, 5.74) is 2.15. The van der Waals surface area contributed by atoms with E-state index in [1.54, 1.807) is 0 Å². The fourth-order valence-electron chi connectivity index (χ4n) is 3.08. The Labute approximate surface area is 154 Å². The number of rotatable bonds is 8. The molecular formula is C21H26O5. The summed E-state index contributed by atoms with van der Waals surface area (Å²) >= 11 is 0. The standard InChI is InChI=1S/C21H26O5/c22-12-20-18(23)11-19(25-14-17-9-5-2-6-10-17)21(26-20)15-24-13-16-7-3-1-4-8-16/h1-10,18-23H,11-15H2/t18-,19+,20+,21+/m1/s1. The number of hydrogen-bond acceptors (Lipinski definition) is 5. The number of ether oxygens (including phenoxy) is 3. The van der Waals surface area contributed by atoms with Gasteiger partial charge in [-0.25, -0.2) is 0 Å². The molecule has 3 rings (SSSR count). The van der Waals surface area contributed by atoms with Gasteiger partial charge in [0.1, 0.15) is 12.2 Å². The highest BCUT2D eigenvalue weighted by Crippen LogP contribution is 2.24. The van der Waals surface area contributed by atoms with Gasteiger partial charge in [-0.05, 0) is 11.1 Å². The molecule has 0 bridgehead atoms. The minimum atomic E-state index is -0.744. The molecule has 1 heterocycles. The molecular weight excluding hydrogens is 332 g/mol. The zero-order chi connectivity index (χ0) is 18.2. The largest absolute Gasteiger partial charge is 0.394 e. The lowest BCUT2D eigenvalue weighted by Gasteiger charge is -2.38. The third kappa shape index (κ3) is 5.37. The van der Waals surface area contributed by atoms with Gasteiger partial charge in [0.2, 0.25) is 0 Å². The van der Waals surface area contributed by atoms with Crippen LogP contribution in [0.15, 0.2) is 60.7 Å². The van der Waals surface area contributed by atoms with Gasteiger partial charge in [0.05, 0.1) is 38.6 Å². The van der Waals surface area contributed by atoms with E-state index in [1.165, 1.54) is 0 Å². The highest BCUT2D eigenvalue weighted by molar-refractivity contribution is 5.14. The number of benzene rings is 2. The van der Waals surface area contributed by atoms with Crippen LogP contribution in [0.2, 0.25) is 0 Å². The molecule has 0 aliphatic carbocycles. The molecule has 5 nitrogen and oxygen atoms in total. The zero-order valence-electron chi connectivity index (χ0n) is 14.7. The van der Waals surface area contributed by atoms with Gasteiger partial charge in [-0.1, -0.05) is 60.7 Å². The summed E-state index contributed by atoms with van der Waals surface area (Å²) < 4.78 is 17.6. The predicted octanol–water partition coefficient (Wildman–Crippen LogP) is 2.30. The second-order valence-electron chi connectivity index (χ2n) is 6.53. The Morgan fingerprint density at radius 3 is 2.12 bits per heavy atom. The number of aliphatic hydroxyl groups is 2. The topological polar surface area (TPSA) is 68.2 Å². The van der Waals surface area contributed by atoms with E-state index in [2.05, 4.69) is 0 Å². The monoisotopic (exact) mass is 358 g/mol. The molecule has 140 valence electrons. The molecule has 1 aliphatic heterocycles. The van der Waals surface area contributed by atoms with Crippen molar-refractivity contribution in [2.75, 3.05) is 13.2 Å². The third-order valence-electron chi connectivity index (χ3n) is 4.55. The van der Waals surface area contributed by atoms with Crippen molar-refractivity contribution in [3.05, 3.63) is 71.8 Å². The quantitative estimate of drug-likeness (QED) is 0.758. The van der Waals surface area contributed by atoms with E-state index in [0.717, 1.165) is 11.1 Å². The van der Waals surface area contributed by atoms with Crippen LogP contribution in [0.4, 0.5) is 0 Å². The summed E-state index contributed by atoms with van der Waals surface area (Å²) in [6.45, 7) is 1.05. The Balaban J connectivity index is 1.56. The first kappa shape index (κ1) is 19.0. The molecule has 0 radical (unpaired) electrons. The zero-order valence-corrected chi connectivity index (χ0v) is 14.7. The van der Waals surface area contributed by atoms with Crippen LogP contribution in [0, 0.1) is 0 Å². The molecule has 0 amide bonds. The van der Waals surface area contributed by atoms with Crippen LogP contribution < -0.4 is 0 Å². The molecule has 5 heteroatoms. The summed E-state index contributed by atoms with van der Waals surface area (Å²) in [5, 5.41) is 19.6. The molecule has 1 saturated heterocycles. The summed E-state index contributed by atoms with van der Waals surface area (Å²) in [7, 11) is 0. The summed E-state index contributed by atoms with van der Waals surface area (Å²) in [6, 6.07) is 19.8. The van der Waals surface area contributed by atoms with Gasteiger partial charge in [-0.2, -0.15) is 0 Å². The van der Waals surface area contributed by atoms with E-state index in [9.17, 15) is 10.2 Å². The average Bonchev–Trinajstić information content (AvgIpc) is 2.69. The van der Waals surface area contributed by atoms with E-state index in [4.69, 9.17) is 14.2 Å². The van der Waals surface area contributed by atoms with E-state index in [1.807, 2.05) is 60.7 Å². The summed E-state index contributed by atoms with van der Waals surface area (Å²) in [4.78, 5) is 0. The molecule has 2 N–H and O–H groups in total. The maximum Gasteiger partial charge on any atom is 0.108 e. The first-order chi connectivity index (χ1) is 12.8. The lowest BCUT2D eigenvalue weighted by atomic mass is 9.98. The normalized spacial score (nSPS) is 25.9. The molecule has 1 fully saturated rings. The average molecular weight is 358 g/mol. The molecule has 0 spiro atoms. The minimum absolute atomic E-state index is 0.220. The number of aliphatic hydroxyl groups excluding tert-OH is 2. The predicted molar refractivity (Wildman–Crippen MR) is 97.5 cm³/mol. The van der Waals surface area contributed by atoms with Gasteiger partial charge in [0, 0.05) is 6.42 Å². The molecule has 2 aromatic rings. The fraction of sp³-hybridized carbons (Fsp3) is 0.429. The van der Waals surface area contributed by atoms with Crippen molar-refractivity contribution in [2.24, 2.45) is 0 Å². The molecule has 1 aliphatic rings. The molecule has 26 heavy (non-hydrogen) atoms. The van der Waals surface area contributed by atoms with E-state index >= 15 is 0 Å². The van der Waals surface area contributed by atoms with E-state index in [0.29, 0.717) is 26.2 Å². The van der Waals surface area contributed by atoms with Crippen LogP contribution in [-0.4, -0.2) is 47.8 Å². The highest BCUT2D eigenvalue weighted by atomic mass is 16.6. The van der Waals surface area contributed by atoms with Crippen molar-refractivity contribution in [3.8, 4) is 0 Å². The van der Waals surface area contributed by atoms with Crippen LogP contribution in [0.25, 0.3) is 0 Å². The van der Waals surface area contributed by atoms with Crippen LogP contribution >= 0.6 is 0 Å². The fourth-order valence-corrected chi connectivity index (χ4v) is 3.08. The van der Waals surface area contributed by atoms with Crippen LogP contribution in [0.5, 0.6) is 0 Å². The van der Waals surface area contributed by atoms with Crippen molar-refractivity contribution >= 4 is 0 Å². The van der Waals surface area contributed by atoms with Gasteiger partial charge in [0.25, 0.3) is 0 Å². The molecule has 4 atom stereocenters. The Morgan fingerprint density at radius 2 is 1.50 bits per heavy atom. The van der Waals surface area contributed by atoms with Crippen molar-refractivity contribution in [1.29, 1.82) is 0 Å². The van der Waals surface area contributed by atoms with Crippen molar-refractivity contribution in [3.63, 3.8) is 0 Å². The lowest BCUT2D eigenvalue weighted by molar-refractivity contribution is -0.209. The van der Waals surface area contributed by atoms with E-state index in [-0.39, 0.29) is 18.8 Å². The van der Waals surface area contributed by atoms with Crippen molar-refractivity contribution in [2.45, 2.75) is 44.1 Å². The maximum atomic E-state index is 10.2. The number of hydrogen-bond donors (Lipinski definition) is 2. The first-order valence-electron chi connectivity index (χ1n) is 8.98. The Morgan fingerprint density at radius 1 is 0.885 bits per heavy atom. The lowest BCUT2D eigenvalue weighted by Crippen LogP contribution is -2.51. The molecule has 0 saturated carbocycles. The SMILES string of the molecule is OC[C@@H]1O[C@@H](COCc2ccccc2)[C@@H](OCc2ccccc2)C[C@H]1O. The molecule has 2 aromatic carbocycles. The van der Waals surface area contributed by atoms with Crippen LogP contribution in [0.1, 0.15) is 17.5 Å². The van der Waals surface area contributed by atoms with Crippen molar-refractivity contribution in [1.82, 2.24) is 0 Å². The minimum Gasteiger partial charge on any atom is -0.394 e. The first-order valence-corrected chi connectivity index (χ1v) is 8.98. The molecule has 0 aromatic heterocycles. The third-order valence-corrected chi connectivity index (χ3v) is 4.55. The van der Waals surface area contributed by atoms with Gasteiger partial charge in [0.15, 0.2) is 0 Å². The van der Waals surface area contributed by atoms with E-state index < -0.39 is 12.2 Å². The van der Waals surface area contributed by atoms with Gasteiger partial charge in [-0.15, -0.1) is 0 Å². The Bertz CT molecular complexity index is 633. The van der Waals surface area contributed by atoms with Gasteiger partial charge >= 0.3 is 0 Å². The van der Waals surface area contributed by atoms with Crippen LogP contribution in [0.3, 0.4) is 0 Å². The van der Waals surface area contributed by atoms with Crippen molar-refractivity contribution < 1.29 is 24.4 Å². The second kappa shape index (κ2) is 9.80. The van der Waals surface area contributed by atoms with Crippen LogP contribution in [-0.2, 0) is 27.4 Å². The molecule has 0 unspecified atom stereocenters.